The highest BCUT2D eigenvalue weighted by molar-refractivity contribution is 5.93. The van der Waals surface area contributed by atoms with Crippen LogP contribution >= 0.6 is 0 Å². The standard InChI is InChI=1S/C17H25N3O4/c1-12-15(17(22)20-7-3-4-8-20)18-16(24-12)13-5-9-19(10-6-13)14(21)11-23-2/h13H,3-11H2,1-2H3. The quantitative estimate of drug-likeness (QED) is 0.835. The molecule has 1 aromatic heterocycles. The van der Waals surface area contributed by atoms with E-state index in [-0.39, 0.29) is 24.3 Å². The van der Waals surface area contributed by atoms with Gasteiger partial charge < -0.3 is 19.0 Å². The van der Waals surface area contributed by atoms with Gasteiger partial charge in [-0.2, -0.15) is 0 Å². The van der Waals surface area contributed by atoms with Crippen molar-refractivity contribution in [2.75, 3.05) is 39.9 Å². The van der Waals surface area contributed by atoms with Gasteiger partial charge in [-0.15, -0.1) is 0 Å². The molecule has 2 saturated heterocycles. The number of nitrogens with zero attached hydrogens (tertiary/aromatic N) is 3. The first-order valence-electron chi connectivity index (χ1n) is 8.63. The lowest BCUT2D eigenvalue weighted by Crippen LogP contribution is -2.39. The minimum absolute atomic E-state index is 0.0180. The van der Waals surface area contributed by atoms with E-state index in [4.69, 9.17) is 9.15 Å². The fraction of sp³-hybridized carbons (Fsp3) is 0.706. The first-order valence-corrected chi connectivity index (χ1v) is 8.63. The summed E-state index contributed by atoms with van der Waals surface area (Å²) < 4.78 is 10.7. The van der Waals surface area contributed by atoms with Crippen LogP contribution in [0.5, 0.6) is 0 Å². The van der Waals surface area contributed by atoms with Gasteiger partial charge in [0.1, 0.15) is 12.4 Å². The highest BCUT2D eigenvalue weighted by Gasteiger charge is 2.30. The normalized spacial score (nSPS) is 19.1. The zero-order valence-electron chi connectivity index (χ0n) is 14.4. The number of piperidine rings is 1. The van der Waals surface area contributed by atoms with Crippen LogP contribution in [-0.4, -0.2) is 66.5 Å². The summed E-state index contributed by atoms with van der Waals surface area (Å²) >= 11 is 0. The fourth-order valence-electron chi connectivity index (χ4n) is 3.45. The SMILES string of the molecule is COCC(=O)N1CCC(c2nc(C(=O)N3CCCC3)c(C)o2)CC1. The smallest absolute Gasteiger partial charge is 0.276 e. The third kappa shape index (κ3) is 3.45. The summed E-state index contributed by atoms with van der Waals surface area (Å²) in [4.78, 5) is 32.5. The van der Waals surface area contributed by atoms with Gasteiger partial charge in [0.2, 0.25) is 5.91 Å². The molecule has 0 spiro atoms. The van der Waals surface area contributed by atoms with Crippen LogP contribution in [0.15, 0.2) is 4.42 Å². The number of hydrogen-bond acceptors (Lipinski definition) is 5. The molecule has 2 aliphatic heterocycles. The molecule has 0 radical (unpaired) electrons. The number of carbonyl (C=O) groups is 2. The molecule has 2 fully saturated rings. The first kappa shape index (κ1) is 17.0. The second-order valence-corrected chi connectivity index (χ2v) is 6.54. The summed E-state index contributed by atoms with van der Waals surface area (Å²) in [5.41, 5.74) is 0.449. The van der Waals surface area contributed by atoms with Crippen molar-refractivity contribution in [1.29, 1.82) is 0 Å². The molecule has 2 aliphatic rings. The van der Waals surface area contributed by atoms with Gasteiger partial charge in [-0.05, 0) is 32.6 Å². The van der Waals surface area contributed by atoms with Crippen molar-refractivity contribution >= 4 is 11.8 Å². The number of methoxy groups -OCH3 is 1. The Kier molecular flexibility index (Phi) is 5.18. The number of hydrogen-bond donors (Lipinski definition) is 0. The maximum atomic E-state index is 12.5. The van der Waals surface area contributed by atoms with Crippen LogP contribution in [0, 0.1) is 6.92 Å². The zero-order valence-corrected chi connectivity index (χ0v) is 14.4. The molecule has 0 aromatic carbocycles. The van der Waals surface area contributed by atoms with Crippen LogP contribution in [0.1, 0.15) is 53.7 Å². The third-order valence-corrected chi connectivity index (χ3v) is 4.87. The summed E-state index contributed by atoms with van der Waals surface area (Å²) in [6, 6.07) is 0. The summed E-state index contributed by atoms with van der Waals surface area (Å²) in [7, 11) is 1.53. The van der Waals surface area contributed by atoms with Crippen molar-refractivity contribution in [3.63, 3.8) is 0 Å². The first-order chi connectivity index (χ1) is 11.6. The van der Waals surface area contributed by atoms with Gasteiger partial charge in [0.25, 0.3) is 5.91 Å². The van der Waals surface area contributed by atoms with E-state index < -0.39 is 0 Å². The lowest BCUT2D eigenvalue weighted by atomic mass is 9.97. The topological polar surface area (TPSA) is 75.9 Å². The second kappa shape index (κ2) is 7.34. The Labute approximate surface area is 141 Å². The Balaban J connectivity index is 1.63. The molecule has 0 N–H and O–H groups in total. The molecule has 7 heteroatoms. The fourth-order valence-corrected chi connectivity index (χ4v) is 3.45. The maximum absolute atomic E-state index is 12.5. The lowest BCUT2D eigenvalue weighted by molar-refractivity contribution is -0.136. The molecule has 0 aliphatic carbocycles. The van der Waals surface area contributed by atoms with Gasteiger partial charge in [0, 0.05) is 39.2 Å². The van der Waals surface area contributed by atoms with E-state index in [0.29, 0.717) is 30.4 Å². The van der Waals surface area contributed by atoms with E-state index in [1.54, 1.807) is 6.92 Å². The highest BCUT2D eigenvalue weighted by Crippen LogP contribution is 2.29. The molecule has 0 unspecified atom stereocenters. The Morgan fingerprint density at radius 1 is 1.17 bits per heavy atom. The third-order valence-electron chi connectivity index (χ3n) is 4.87. The number of ether oxygens (including phenoxy) is 1. The van der Waals surface area contributed by atoms with Gasteiger partial charge >= 0.3 is 0 Å². The average Bonchev–Trinajstić information content (AvgIpc) is 3.24. The Hall–Kier alpha value is -1.89. The van der Waals surface area contributed by atoms with Crippen molar-refractivity contribution in [2.45, 2.75) is 38.5 Å². The Morgan fingerprint density at radius 3 is 2.46 bits per heavy atom. The van der Waals surface area contributed by atoms with Gasteiger partial charge in [0.15, 0.2) is 11.6 Å². The van der Waals surface area contributed by atoms with Crippen LogP contribution < -0.4 is 0 Å². The number of likely N-dealkylation sites (tertiary alicyclic amines) is 2. The van der Waals surface area contributed by atoms with Gasteiger partial charge in [-0.1, -0.05) is 0 Å². The minimum Gasteiger partial charge on any atom is -0.445 e. The van der Waals surface area contributed by atoms with Crippen molar-refractivity contribution < 1.29 is 18.7 Å². The van der Waals surface area contributed by atoms with Crippen molar-refractivity contribution in [2.24, 2.45) is 0 Å². The van der Waals surface area contributed by atoms with Gasteiger partial charge in [0.05, 0.1) is 0 Å². The number of carbonyl (C=O) groups excluding carboxylic acids is 2. The van der Waals surface area contributed by atoms with E-state index in [1.165, 1.54) is 7.11 Å². The lowest BCUT2D eigenvalue weighted by Gasteiger charge is -2.30. The van der Waals surface area contributed by atoms with Crippen molar-refractivity contribution in [1.82, 2.24) is 14.8 Å². The van der Waals surface area contributed by atoms with Crippen LogP contribution in [0.4, 0.5) is 0 Å². The number of aromatic nitrogens is 1. The molecule has 1 aromatic rings. The van der Waals surface area contributed by atoms with E-state index in [9.17, 15) is 9.59 Å². The maximum Gasteiger partial charge on any atom is 0.276 e. The molecule has 3 rings (SSSR count). The largest absolute Gasteiger partial charge is 0.445 e. The molecule has 0 bridgehead atoms. The van der Waals surface area contributed by atoms with E-state index in [0.717, 1.165) is 38.8 Å². The zero-order chi connectivity index (χ0) is 17.1. The Morgan fingerprint density at radius 2 is 1.83 bits per heavy atom. The summed E-state index contributed by atoms with van der Waals surface area (Å²) in [6.07, 6.45) is 3.71. The molecule has 0 saturated carbocycles. The minimum atomic E-state index is -0.0206. The Bertz CT molecular complexity index is 599. The van der Waals surface area contributed by atoms with Crippen LogP contribution in [0.25, 0.3) is 0 Å². The van der Waals surface area contributed by atoms with Crippen LogP contribution in [0.3, 0.4) is 0 Å². The second-order valence-electron chi connectivity index (χ2n) is 6.54. The van der Waals surface area contributed by atoms with E-state index >= 15 is 0 Å². The predicted octanol–water partition coefficient (Wildman–Crippen LogP) is 1.57. The molecular formula is C17H25N3O4. The molecule has 7 nitrogen and oxygen atoms in total. The highest BCUT2D eigenvalue weighted by atomic mass is 16.5. The van der Waals surface area contributed by atoms with Gasteiger partial charge in [-0.3, -0.25) is 9.59 Å². The number of amides is 2. The summed E-state index contributed by atoms with van der Waals surface area (Å²) in [5.74, 6) is 1.39. The molecular weight excluding hydrogens is 310 g/mol. The van der Waals surface area contributed by atoms with E-state index in [2.05, 4.69) is 4.98 Å². The van der Waals surface area contributed by atoms with Gasteiger partial charge in [-0.25, -0.2) is 4.98 Å². The molecule has 2 amide bonds. The molecule has 24 heavy (non-hydrogen) atoms. The number of aryl methyl sites for hydroxylation is 1. The van der Waals surface area contributed by atoms with Crippen LogP contribution in [0.2, 0.25) is 0 Å². The summed E-state index contributed by atoms with van der Waals surface area (Å²) in [5, 5.41) is 0. The van der Waals surface area contributed by atoms with Crippen molar-refractivity contribution in [3.8, 4) is 0 Å². The number of oxazole rings is 1. The molecule has 3 heterocycles. The average molecular weight is 335 g/mol. The number of rotatable bonds is 4. The molecule has 132 valence electrons. The molecule has 0 atom stereocenters. The predicted molar refractivity (Wildman–Crippen MR) is 86.8 cm³/mol. The monoisotopic (exact) mass is 335 g/mol. The van der Waals surface area contributed by atoms with Crippen molar-refractivity contribution in [3.05, 3.63) is 17.3 Å². The van der Waals surface area contributed by atoms with E-state index in [1.807, 2.05) is 9.80 Å². The summed E-state index contributed by atoms with van der Waals surface area (Å²) in [6.45, 7) is 4.88. The van der Waals surface area contributed by atoms with Crippen LogP contribution in [-0.2, 0) is 9.53 Å².